The van der Waals surface area contributed by atoms with Crippen LogP contribution in [-0.2, 0) is 4.79 Å². The predicted molar refractivity (Wildman–Crippen MR) is 112 cm³/mol. The van der Waals surface area contributed by atoms with E-state index in [1.165, 1.54) is 23.3 Å². The van der Waals surface area contributed by atoms with E-state index in [1.807, 2.05) is 0 Å². The number of aliphatic hydroxyl groups excluding tert-OH is 1. The summed E-state index contributed by atoms with van der Waals surface area (Å²) in [4.78, 5) is 20.5. The zero-order valence-electron chi connectivity index (χ0n) is 17.2. The number of halogens is 3. The number of pyridine rings is 1. The van der Waals surface area contributed by atoms with Gasteiger partial charge in [-0.05, 0) is 47.5 Å². The van der Waals surface area contributed by atoms with Crippen molar-refractivity contribution in [2.75, 3.05) is 43.0 Å². The van der Waals surface area contributed by atoms with Gasteiger partial charge in [-0.2, -0.15) is 0 Å². The molecule has 32 heavy (non-hydrogen) atoms. The predicted octanol–water partition coefficient (Wildman–Crippen LogP) is 2.80. The van der Waals surface area contributed by atoms with Crippen LogP contribution >= 0.6 is 0 Å². The second-order valence-corrected chi connectivity index (χ2v) is 7.84. The van der Waals surface area contributed by atoms with Crippen molar-refractivity contribution >= 4 is 17.3 Å². The van der Waals surface area contributed by atoms with Gasteiger partial charge in [0.2, 0.25) is 5.91 Å². The molecule has 170 valence electrons. The van der Waals surface area contributed by atoms with E-state index in [4.69, 9.17) is 0 Å². The Hall–Kier alpha value is -3.11. The number of carbonyl (C=O) groups is 1. The number of aliphatic hydroxyl groups is 1. The Balaban J connectivity index is 1.29. The van der Waals surface area contributed by atoms with Crippen molar-refractivity contribution in [2.45, 2.75) is 18.8 Å². The number of hydrogen-bond acceptors (Lipinski definition) is 6. The average Bonchev–Trinajstić information content (AvgIpc) is 3.31. The minimum absolute atomic E-state index is 0.134. The highest BCUT2D eigenvalue weighted by molar-refractivity contribution is 5.90. The number of amides is 1. The number of aromatic nitrogens is 1. The lowest BCUT2D eigenvalue weighted by Gasteiger charge is -2.29. The second-order valence-electron chi connectivity index (χ2n) is 7.84. The third-order valence-electron chi connectivity index (χ3n) is 5.58. The quantitative estimate of drug-likeness (QED) is 0.635. The third-order valence-corrected chi connectivity index (χ3v) is 5.58. The highest BCUT2D eigenvalue weighted by Crippen LogP contribution is 2.32. The van der Waals surface area contributed by atoms with Crippen LogP contribution in [-0.4, -0.2) is 66.1 Å². The van der Waals surface area contributed by atoms with Crippen molar-refractivity contribution in [1.82, 2.24) is 9.88 Å². The summed E-state index contributed by atoms with van der Waals surface area (Å²) in [5.74, 6) is -0.436. The van der Waals surface area contributed by atoms with E-state index in [1.54, 1.807) is 36.7 Å². The first-order valence-corrected chi connectivity index (χ1v) is 10.2. The number of ether oxygens (including phenoxy) is 1. The molecule has 2 N–H and O–H groups in total. The van der Waals surface area contributed by atoms with Crippen LogP contribution in [0, 0.1) is 0 Å². The molecule has 2 aliphatic rings. The summed E-state index contributed by atoms with van der Waals surface area (Å²) in [5, 5.41) is 12.6. The minimum atomic E-state index is -4.71. The molecule has 0 saturated heterocycles. The lowest BCUT2D eigenvalue weighted by molar-refractivity contribution is -0.274. The molecule has 0 saturated carbocycles. The molecule has 1 unspecified atom stereocenters. The molecule has 0 radical (unpaired) electrons. The first-order chi connectivity index (χ1) is 15.3. The fourth-order valence-corrected chi connectivity index (χ4v) is 4.08. The average molecular weight is 448 g/mol. The highest BCUT2D eigenvalue weighted by Gasteiger charge is 2.34. The van der Waals surface area contributed by atoms with Crippen LogP contribution in [0.25, 0.3) is 0 Å². The van der Waals surface area contributed by atoms with Gasteiger partial charge in [0.05, 0.1) is 18.5 Å². The van der Waals surface area contributed by atoms with E-state index in [-0.39, 0.29) is 30.7 Å². The molecule has 2 aromatic rings. The highest BCUT2D eigenvalue weighted by atomic mass is 19.4. The summed E-state index contributed by atoms with van der Waals surface area (Å²) in [7, 11) is 0. The van der Waals surface area contributed by atoms with E-state index in [2.05, 4.69) is 24.8 Å². The molecule has 2 aliphatic heterocycles. The summed E-state index contributed by atoms with van der Waals surface area (Å²) in [6.45, 7) is 2.47. The smallest absolute Gasteiger partial charge is 0.406 e. The topological polar surface area (TPSA) is 77.9 Å². The van der Waals surface area contributed by atoms with E-state index in [0.29, 0.717) is 31.9 Å². The van der Waals surface area contributed by atoms with E-state index in [0.717, 1.165) is 5.69 Å². The van der Waals surface area contributed by atoms with Crippen LogP contribution in [0.4, 0.5) is 24.5 Å². The van der Waals surface area contributed by atoms with E-state index < -0.39 is 6.36 Å². The Morgan fingerprint density at radius 1 is 1.12 bits per heavy atom. The minimum Gasteiger partial charge on any atom is -0.406 e. The Labute approximate surface area is 183 Å². The van der Waals surface area contributed by atoms with Crippen molar-refractivity contribution in [3.63, 3.8) is 0 Å². The lowest BCUT2D eigenvalue weighted by atomic mass is 10.1. The maximum absolute atomic E-state index is 12.4. The number of alkyl halides is 3. The first-order valence-electron chi connectivity index (χ1n) is 10.2. The molecule has 0 spiro atoms. The summed E-state index contributed by atoms with van der Waals surface area (Å²) >= 11 is 0. The monoisotopic (exact) mass is 448 g/mol. The molecule has 1 aromatic heterocycles. The fourth-order valence-electron chi connectivity index (χ4n) is 4.08. The van der Waals surface area contributed by atoms with Crippen LogP contribution in [0.3, 0.4) is 0 Å². The van der Waals surface area contributed by atoms with Crippen LogP contribution in [0.1, 0.15) is 6.42 Å². The Morgan fingerprint density at radius 3 is 2.38 bits per heavy atom. The molecule has 3 heterocycles. The largest absolute Gasteiger partial charge is 0.573 e. The van der Waals surface area contributed by atoms with Gasteiger partial charge in [0, 0.05) is 50.5 Å². The summed E-state index contributed by atoms with van der Waals surface area (Å²) in [6, 6.07) is 9.02. The van der Waals surface area contributed by atoms with Crippen molar-refractivity contribution in [1.29, 1.82) is 0 Å². The molecule has 1 aromatic carbocycles. The Kier molecular flexibility index (Phi) is 6.33. The van der Waals surface area contributed by atoms with Crippen molar-refractivity contribution in [3.05, 3.63) is 59.9 Å². The molecule has 0 bridgehead atoms. The molecule has 1 atom stereocenters. The molecule has 10 heteroatoms. The molecule has 4 rings (SSSR count). The first kappa shape index (κ1) is 22.1. The number of nitrogens with one attached hydrogen (secondary N) is 1. The van der Waals surface area contributed by atoms with Gasteiger partial charge in [-0.15, -0.1) is 13.2 Å². The summed E-state index contributed by atoms with van der Waals surface area (Å²) in [6.07, 6.45) is -1.36. The van der Waals surface area contributed by atoms with Crippen LogP contribution < -0.4 is 15.0 Å². The molecular formula is C22H23F3N4O3. The van der Waals surface area contributed by atoms with Crippen molar-refractivity contribution in [3.8, 4) is 5.75 Å². The van der Waals surface area contributed by atoms with Gasteiger partial charge in [0.15, 0.2) is 0 Å². The van der Waals surface area contributed by atoms with E-state index in [9.17, 15) is 23.1 Å². The van der Waals surface area contributed by atoms with Gasteiger partial charge in [0.1, 0.15) is 5.75 Å². The number of benzene rings is 1. The number of rotatable bonds is 7. The number of anilines is 2. The van der Waals surface area contributed by atoms with Crippen LogP contribution in [0.2, 0.25) is 0 Å². The molecule has 0 aliphatic carbocycles. The maximum Gasteiger partial charge on any atom is 0.573 e. The number of nitrogens with zero attached hydrogens (tertiary/aromatic N) is 3. The summed E-state index contributed by atoms with van der Waals surface area (Å²) < 4.78 is 40.9. The molecule has 1 amide bonds. The fraction of sp³-hybridized carbons (Fsp3) is 0.364. The second kappa shape index (κ2) is 9.17. The van der Waals surface area contributed by atoms with E-state index >= 15 is 0 Å². The Morgan fingerprint density at radius 2 is 1.81 bits per heavy atom. The summed E-state index contributed by atoms with van der Waals surface area (Å²) in [5.41, 5.74) is 3.85. The van der Waals surface area contributed by atoms with Crippen molar-refractivity contribution < 1.29 is 27.8 Å². The lowest BCUT2D eigenvalue weighted by Crippen LogP contribution is -2.41. The van der Waals surface area contributed by atoms with Gasteiger partial charge in [-0.25, -0.2) is 0 Å². The maximum atomic E-state index is 12.4. The normalized spacial score (nSPS) is 17.4. The SMILES string of the molecule is O=C(CC(CO)N1CC2=C(CN(c3ccc(OC(F)(F)F)cc3)C2)C1)Nc1cccnc1. The zero-order chi connectivity index (χ0) is 22.7. The standard InChI is InChI=1S/C22H23F3N4O3/c23-22(24,25)32-20-5-3-18(4-6-20)28-10-15-12-29(13-16(15)11-28)19(14-30)8-21(31)27-17-2-1-7-26-9-17/h1-7,9,19,30H,8,10-14H2,(H,27,31). The third kappa shape index (κ3) is 5.38. The van der Waals surface area contributed by atoms with Crippen molar-refractivity contribution in [2.24, 2.45) is 0 Å². The van der Waals surface area contributed by atoms with Gasteiger partial charge in [-0.3, -0.25) is 14.7 Å². The molecule has 7 nitrogen and oxygen atoms in total. The van der Waals surface area contributed by atoms with Crippen LogP contribution in [0.15, 0.2) is 59.9 Å². The Bertz CT molecular complexity index is 962. The number of carbonyl (C=O) groups excluding carboxylic acids is 1. The molecular weight excluding hydrogens is 425 g/mol. The van der Waals surface area contributed by atoms with Crippen LogP contribution in [0.5, 0.6) is 5.75 Å². The van der Waals surface area contributed by atoms with Gasteiger partial charge < -0.3 is 20.1 Å². The number of hydrogen-bond donors (Lipinski definition) is 2. The molecule has 0 fully saturated rings. The van der Waals surface area contributed by atoms with Gasteiger partial charge in [0.25, 0.3) is 0 Å². The van der Waals surface area contributed by atoms with Gasteiger partial charge in [-0.1, -0.05) is 0 Å². The van der Waals surface area contributed by atoms with Gasteiger partial charge >= 0.3 is 6.36 Å². The zero-order valence-corrected chi connectivity index (χ0v) is 17.2.